The topological polar surface area (TPSA) is 47.1 Å². The highest BCUT2D eigenvalue weighted by Gasteiger charge is 2.24. The van der Waals surface area contributed by atoms with Crippen LogP contribution in [0.15, 0.2) is 6.20 Å². The SMILES string of the molecule is CCCN(Cc1ncc(Cl)n1C)C1CCC(N)CC1. The third-order valence-electron chi connectivity index (χ3n) is 4.14. The van der Waals surface area contributed by atoms with Gasteiger partial charge in [-0.15, -0.1) is 0 Å². The molecule has 4 nitrogen and oxygen atoms in total. The molecule has 1 saturated carbocycles. The van der Waals surface area contributed by atoms with E-state index in [1.807, 2.05) is 11.6 Å². The van der Waals surface area contributed by atoms with Crippen molar-refractivity contribution in [3.63, 3.8) is 0 Å². The molecular weight excluding hydrogens is 260 g/mol. The highest BCUT2D eigenvalue weighted by atomic mass is 35.5. The van der Waals surface area contributed by atoms with E-state index < -0.39 is 0 Å². The number of hydrogen-bond donors (Lipinski definition) is 1. The van der Waals surface area contributed by atoms with E-state index in [-0.39, 0.29) is 0 Å². The van der Waals surface area contributed by atoms with Crippen LogP contribution in [-0.4, -0.2) is 33.1 Å². The van der Waals surface area contributed by atoms with Gasteiger partial charge in [-0.05, 0) is 38.6 Å². The number of nitrogens with zero attached hydrogens (tertiary/aromatic N) is 3. The minimum Gasteiger partial charge on any atom is -0.328 e. The molecule has 108 valence electrons. The van der Waals surface area contributed by atoms with Gasteiger partial charge in [-0.2, -0.15) is 0 Å². The van der Waals surface area contributed by atoms with Gasteiger partial charge in [-0.25, -0.2) is 4.98 Å². The molecule has 1 aliphatic carbocycles. The number of rotatable bonds is 5. The van der Waals surface area contributed by atoms with E-state index in [2.05, 4.69) is 16.8 Å². The average Bonchev–Trinajstić information content (AvgIpc) is 2.71. The first kappa shape index (κ1) is 14.8. The quantitative estimate of drug-likeness (QED) is 0.904. The lowest BCUT2D eigenvalue weighted by Gasteiger charge is -2.35. The molecule has 1 aromatic heterocycles. The van der Waals surface area contributed by atoms with Crippen LogP contribution in [0.2, 0.25) is 5.15 Å². The predicted octanol–water partition coefficient (Wildman–Crippen LogP) is 2.56. The lowest BCUT2D eigenvalue weighted by atomic mass is 9.90. The van der Waals surface area contributed by atoms with Crippen molar-refractivity contribution >= 4 is 11.6 Å². The molecule has 19 heavy (non-hydrogen) atoms. The van der Waals surface area contributed by atoms with Crippen molar-refractivity contribution in [2.24, 2.45) is 12.8 Å². The first-order valence-corrected chi connectivity index (χ1v) is 7.65. The maximum atomic E-state index is 6.06. The van der Waals surface area contributed by atoms with Gasteiger partial charge < -0.3 is 10.3 Å². The molecule has 0 radical (unpaired) electrons. The summed E-state index contributed by atoms with van der Waals surface area (Å²) >= 11 is 6.06. The van der Waals surface area contributed by atoms with Crippen molar-refractivity contribution in [1.29, 1.82) is 0 Å². The predicted molar refractivity (Wildman–Crippen MR) is 79.2 cm³/mol. The van der Waals surface area contributed by atoms with E-state index in [0.717, 1.165) is 31.8 Å². The molecule has 0 bridgehead atoms. The van der Waals surface area contributed by atoms with Crippen LogP contribution in [0, 0.1) is 0 Å². The molecule has 0 amide bonds. The van der Waals surface area contributed by atoms with Gasteiger partial charge in [-0.3, -0.25) is 4.90 Å². The fourth-order valence-electron chi connectivity index (χ4n) is 2.90. The van der Waals surface area contributed by atoms with Crippen LogP contribution < -0.4 is 5.73 Å². The summed E-state index contributed by atoms with van der Waals surface area (Å²) in [6.07, 6.45) is 7.61. The Kier molecular flexibility index (Phi) is 5.25. The summed E-state index contributed by atoms with van der Waals surface area (Å²) < 4.78 is 1.97. The van der Waals surface area contributed by atoms with Crippen LogP contribution in [0.25, 0.3) is 0 Å². The molecule has 1 heterocycles. The fraction of sp³-hybridized carbons (Fsp3) is 0.786. The molecule has 5 heteroatoms. The van der Waals surface area contributed by atoms with E-state index >= 15 is 0 Å². The molecule has 0 aliphatic heterocycles. The van der Waals surface area contributed by atoms with Gasteiger partial charge in [0.2, 0.25) is 0 Å². The van der Waals surface area contributed by atoms with Crippen molar-refractivity contribution in [2.45, 2.75) is 57.7 Å². The van der Waals surface area contributed by atoms with E-state index in [1.54, 1.807) is 6.20 Å². The Morgan fingerprint density at radius 3 is 2.63 bits per heavy atom. The number of hydrogen-bond acceptors (Lipinski definition) is 3. The monoisotopic (exact) mass is 284 g/mol. The summed E-state index contributed by atoms with van der Waals surface area (Å²) in [6, 6.07) is 1.05. The molecule has 0 atom stereocenters. The molecule has 0 spiro atoms. The smallest absolute Gasteiger partial charge is 0.128 e. The summed E-state index contributed by atoms with van der Waals surface area (Å²) in [6.45, 7) is 4.23. The minimum absolute atomic E-state index is 0.405. The molecule has 0 unspecified atom stereocenters. The maximum absolute atomic E-state index is 6.06. The summed E-state index contributed by atoms with van der Waals surface area (Å²) in [5, 5.41) is 0.706. The number of halogens is 1. The zero-order valence-corrected chi connectivity index (χ0v) is 12.7. The molecule has 2 rings (SSSR count). The van der Waals surface area contributed by atoms with E-state index in [4.69, 9.17) is 17.3 Å². The third-order valence-corrected chi connectivity index (χ3v) is 4.49. The molecule has 0 saturated heterocycles. The van der Waals surface area contributed by atoms with Gasteiger partial charge >= 0.3 is 0 Å². The molecule has 1 fully saturated rings. The number of nitrogens with two attached hydrogens (primary N) is 1. The zero-order valence-electron chi connectivity index (χ0n) is 12.0. The van der Waals surface area contributed by atoms with Crippen LogP contribution in [0.1, 0.15) is 44.9 Å². The average molecular weight is 285 g/mol. The highest BCUT2D eigenvalue weighted by Crippen LogP contribution is 2.24. The standard InChI is InChI=1S/C14H25ClN4/c1-3-8-19(12-6-4-11(16)5-7-12)10-14-17-9-13(15)18(14)2/h9,11-12H,3-8,10,16H2,1-2H3. The Morgan fingerprint density at radius 2 is 2.11 bits per heavy atom. The lowest BCUT2D eigenvalue weighted by Crippen LogP contribution is -2.41. The summed E-state index contributed by atoms with van der Waals surface area (Å²) in [4.78, 5) is 6.96. The van der Waals surface area contributed by atoms with Gasteiger partial charge in [0.25, 0.3) is 0 Å². The van der Waals surface area contributed by atoms with Crippen molar-refractivity contribution < 1.29 is 0 Å². The molecule has 1 aromatic rings. The summed E-state index contributed by atoms with van der Waals surface area (Å²) in [5.41, 5.74) is 6.00. The van der Waals surface area contributed by atoms with Crippen molar-refractivity contribution in [3.8, 4) is 0 Å². The summed E-state index contributed by atoms with van der Waals surface area (Å²) in [5.74, 6) is 1.05. The lowest BCUT2D eigenvalue weighted by molar-refractivity contribution is 0.137. The second kappa shape index (κ2) is 6.73. The van der Waals surface area contributed by atoms with Crippen molar-refractivity contribution in [2.75, 3.05) is 6.54 Å². The Labute approximate surface area is 120 Å². The first-order chi connectivity index (χ1) is 9.11. The largest absolute Gasteiger partial charge is 0.328 e. The Morgan fingerprint density at radius 1 is 1.42 bits per heavy atom. The van der Waals surface area contributed by atoms with E-state index in [9.17, 15) is 0 Å². The number of aromatic nitrogens is 2. The van der Waals surface area contributed by atoms with Crippen molar-refractivity contribution in [1.82, 2.24) is 14.5 Å². The zero-order chi connectivity index (χ0) is 13.8. The highest BCUT2D eigenvalue weighted by molar-refractivity contribution is 6.29. The minimum atomic E-state index is 0.405. The molecule has 1 aliphatic rings. The van der Waals surface area contributed by atoms with Gasteiger partial charge in [0.05, 0.1) is 12.7 Å². The normalized spacial score (nSPS) is 24.1. The fourth-order valence-corrected chi connectivity index (χ4v) is 3.04. The van der Waals surface area contributed by atoms with Crippen molar-refractivity contribution in [3.05, 3.63) is 17.2 Å². The van der Waals surface area contributed by atoms with Crippen LogP contribution >= 0.6 is 11.6 Å². The Hall–Kier alpha value is -0.580. The molecule has 2 N–H and O–H groups in total. The van der Waals surface area contributed by atoms with Crippen LogP contribution in [0.4, 0.5) is 0 Å². The van der Waals surface area contributed by atoms with Gasteiger partial charge in [0.1, 0.15) is 11.0 Å². The molecular formula is C14H25ClN4. The van der Waals surface area contributed by atoms with Gasteiger partial charge in [0.15, 0.2) is 0 Å². The number of imidazole rings is 1. The van der Waals surface area contributed by atoms with Gasteiger partial charge in [-0.1, -0.05) is 18.5 Å². The van der Waals surface area contributed by atoms with E-state index in [0.29, 0.717) is 17.2 Å². The van der Waals surface area contributed by atoms with E-state index in [1.165, 1.54) is 19.3 Å². The third kappa shape index (κ3) is 3.71. The first-order valence-electron chi connectivity index (χ1n) is 7.27. The Balaban J connectivity index is 2.01. The van der Waals surface area contributed by atoms with Gasteiger partial charge in [0, 0.05) is 19.1 Å². The second-order valence-corrected chi connectivity index (χ2v) is 5.98. The summed E-state index contributed by atoms with van der Waals surface area (Å²) in [7, 11) is 1.98. The van der Waals surface area contributed by atoms with Crippen LogP contribution in [0.3, 0.4) is 0 Å². The van der Waals surface area contributed by atoms with Crippen LogP contribution in [-0.2, 0) is 13.6 Å². The molecule has 0 aromatic carbocycles. The second-order valence-electron chi connectivity index (χ2n) is 5.60. The Bertz CT molecular complexity index is 396. The van der Waals surface area contributed by atoms with Crippen LogP contribution in [0.5, 0.6) is 0 Å². The maximum Gasteiger partial charge on any atom is 0.128 e.